The minimum absolute atomic E-state index is 0.0854. The summed E-state index contributed by atoms with van der Waals surface area (Å²) >= 11 is 1.80. The molecular formula is C22H38N4O3S. The Labute approximate surface area is 185 Å². The molecule has 1 aromatic rings. The van der Waals surface area contributed by atoms with Gasteiger partial charge in [-0.1, -0.05) is 18.9 Å². The van der Waals surface area contributed by atoms with Crippen molar-refractivity contribution in [1.29, 1.82) is 0 Å². The molecule has 8 heteroatoms. The molecule has 30 heavy (non-hydrogen) atoms. The molecule has 0 saturated carbocycles. The van der Waals surface area contributed by atoms with Crippen LogP contribution >= 0.6 is 11.3 Å². The third-order valence-corrected chi connectivity index (χ3v) is 6.00. The molecule has 1 aliphatic heterocycles. The molecule has 0 aromatic carbocycles. The van der Waals surface area contributed by atoms with Crippen LogP contribution in [0.5, 0.6) is 0 Å². The van der Waals surface area contributed by atoms with Gasteiger partial charge >= 0.3 is 5.97 Å². The van der Waals surface area contributed by atoms with Gasteiger partial charge in [-0.2, -0.15) is 0 Å². The molecule has 7 nitrogen and oxygen atoms in total. The highest BCUT2D eigenvalue weighted by atomic mass is 32.1. The van der Waals surface area contributed by atoms with Crippen LogP contribution in [-0.4, -0.2) is 69.4 Å². The van der Waals surface area contributed by atoms with E-state index >= 15 is 0 Å². The summed E-state index contributed by atoms with van der Waals surface area (Å²) in [5.74, 6) is 0.789. The monoisotopic (exact) mass is 438 g/mol. The van der Waals surface area contributed by atoms with E-state index in [1.807, 2.05) is 6.92 Å². The summed E-state index contributed by atoms with van der Waals surface area (Å²) in [7, 11) is 0. The van der Waals surface area contributed by atoms with Gasteiger partial charge in [0.2, 0.25) is 0 Å². The van der Waals surface area contributed by atoms with Crippen molar-refractivity contribution in [3.05, 3.63) is 22.4 Å². The Bertz CT molecular complexity index is 604. The molecule has 0 bridgehead atoms. The normalized spacial score (nSPS) is 16.3. The van der Waals surface area contributed by atoms with Crippen LogP contribution in [0.4, 0.5) is 0 Å². The molecule has 1 fully saturated rings. The number of ether oxygens (including phenoxy) is 2. The highest BCUT2D eigenvalue weighted by Gasteiger charge is 2.23. The Morgan fingerprint density at radius 1 is 1.23 bits per heavy atom. The summed E-state index contributed by atoms with van der Waals surface area (Å²) in [6.45, 7) is 10.3. The van der Waals surface area contributed by atoms with Crippen molar-refractivity contribution in [3.8, 4) is 0 Å². The minimum atomic E-state index is -0.0854. The van der Waals surface area contributed by atoms with E-state index in [2.05, 4.69) is 40.0 Å². The molecule has 0 amide bonds. The number of nitrogens with zero attached hydrogens (tertiary/aromatic N) is 2. The van der Waals surface area contributed by atoms with Gasteiger partial charge in [-0.05, 0) is 38.1 Å². The van der Waals surface area contributed by atoms with Crippen LogP contribution < -0.4 is 10.6 Å². The first-order chi connectivity index (χ1) is 14.7. The molecule has 1 saturated heterocycles. The topological polar surface area (TPSA) is 75.2 Å². The van der Waals surface area contributed by atoms with E-state index in [4.69, 9.17) is 14.5 Å². The van der Waals surface area contributed by atoms with Gasteiger partial charge in [0.15, 0.2) is 5.96 Å². The Hall–Kier alpha value is -1.64. The molecule has 1 aliphatic rings. The number of nitrogens with one attached hydrogen (secondary N) is 2. The quantitative estimate of drug-likeness (QED) is 0.213. The summed E-state index contributed by atoms with van der Waals surface area (Å²) in [5, 5.41) is 8.94. The number of hydrogen-bond acceptors (Lipinski definition) is 6. The van der Waals surface area contributed by atoms with E-state index in [0.717, 1.165) is 77.6 Å². The maximum atomic E-state index is 11.4. The smallest absolute Gasteiger partial charge is 0.305 e. The number of aliphatic imine (C=N–C) groups is 1. The lowest BCUT2D eigenvalue weighted by atomic mass is 10.1. The average Bonchev–Trinajstić information content (AvgIpc) is 3.28. The van der Waals surface area contributed by atoms with Crippen molar-refractivity contribution in [1.82, 2.24) is 15.5 Å². The molecule has 1 unspecified atom stereocenters. The first kappa shape index (κ1) is 24.6. The average molecular weight is 439 g/mol. The minimum Gasteiger partial charge on any atom is -0.466 e. The molecule has 0 spiro atoms. The fourth-order valence-corrected chi connectivity index (χ4v) is 4.31. The Kier molecular flexibility index (Phi) is 12.5. The highest BCUT2D eigenvalue weighted by Crippen LogP contribution is 2.26. The second kappa shape index (κ2) is 15.2. The van der Waals surface area contributed by atoms with E-state index in [1.54, 1.807) is 11.3 Å². The molecule has 0 aliphatic carbocycles. The third-order valence-electron chi connectivity index (χ3n) is 5.03. The number of carbonyl (C=O) groups excluding carboxylic acids is 1. The lowest BCUT2D eigenvalue weighted by Crippen LogP contribution is -2.41. The van der Waals surface area contributed by atoms with Crippen molar-refractivity contribution < 1.29 is 14.3 Å². The van der Waals surface area contributed by atoms with Crippen molar-refractivity contribution in [2.24, 2.45) is 4.99 Å². The number of carbonyl (C=O) groups is 1. The number of guanidine groups is 1. The Morgan fingerprint density at radius 3 is 2.73 bits per heavy atom. The largest absolute Gasteiger partial charge is 0.466 e. The predicted molar refractivity (Wildman–Crippen MR) is 123 cm³/mol. The molecule has 0 radical (unpaired) electrons. The van der Waals surface area contributed by atoms with Crippen molar-refractivity contribution in [2.45, 2.75) is 52.0 Å². The second-order valence-corrected chi connectivity index (χ2v) is 8.27. The summed E-state index contributed by atoms with van der Waals surface area (Å²) in [4.78, 5) is 20.1. The van der Waals surface area contributed by atoms with Gasteiger partial charge in [0.1, 0.15) is 0 Å². The van der Waals surface area contributed by atoms with Crippen LogP contribution in [0.15, 0.2) is 22.5 Å². The molecule has 2 rings (SSSR count). The predicted octanol–water partition coefficient (Wildman–Crippen LogP) is 3.19. The SMILES string of the molecule is CCNC(=NCC(c1cccs1)N1CCOCC1)NCCCCCCC(=O)OCC. The van der Waals surface area contributed by atoms with Crippen LogP contribution in [0.25, 0.3) is 0 Å². The number of thiophene rings is 1. The second-order valence-electron chi connectivity index (χ2n) is 7.30. The van der Waals surface area contributed by atoms with Crippen molar-refractivity contribution in [2.75, 3.05) is 52.5 Å². The molecular weight excluding hydrogens is 400 g/mol. The summed E-state index contributed by atoms with van der Waals surface area (Å²) in [5.41, 5.74) is 0. The van der Waals surface area contributed by atoms with E-state index in [-0.39, 0.29) is 5.97 Å². The lowest BCUT2D eigenvalue weighted by molar-refractivity contribution is -0.143. The van der Waals surface area contributed by atoms with E-state index in [9.17, 15) is 4.79 Å². The van der Waals surface area contributed by atoms with Crippen LogP contribution in [0.1, 0.15) is 56.9 Å². The van der Waals surface area contributed by atoms with Crippen molar-refractivity contribution >= 4 is 23.3 Å². The maximum Gasteiger partial charge on any atom is 0.305 e. The van der Waals surface area contributed by atoms with Crippen molar-refractivity contribution in [3.63, 3.8) is 0 Å². The van der Waals surface area contributed by atoms with Gasteiger partial charge in [-0.15, -0.1) is 11.3 Å². The third kappa shape index (κ3) is 9.45. The first-order valence-electron chi connectivity index (χ1n) is 11.3. The van der Waals surface area contributed by atoms with Gasteiger partial charge in [0.25, 0.3) is 0 Å². The highest BCUT2D eigenvalue weighted by molar-refractivity contribution is 7.10. The van der Waals surface area contributed by atoms with E-state index < -0.39 is 0 Å². The fraction of sp³-hybridized carbons (Fsp3) is 0.727. The van der Waals surface area contributed by atoms with Gasteiger partial charge < -0.3 is 20.1 Å². The number of unbranched alkanes of at least 4 members (excludes halogenated alkanes) is 3. The summed E-state index contributed by atoms with van der Waals surface area (Å²) in [6.07, 6.45) is 4.63. The molecule has 170 valence electrons. The van der Waals surface area contributed by atoms with Crippen LogP contribution in [0.2, 0.25) is 0 Å². The van der Waals surface area contributed by atoms with Gasteiger partial charge in [-0.3, -0.25) is 14.7 Å². The van der Waals surface area contributed by atoms with Crippen LogP contribution in [-0.2, 0) is 14.3 Å². The number of morpholine rings is 1. The van der Waals surface area contributed by atoms with Crippen LogP contribution in [0.3, 0.4) is 0 Å². The summed E-state index contributed by atoms with van der Waals surface area (Å²) < 4.78 is 10.5. The zero-order valence-corrected chi connectivity index (χ0v) is 19.3. The lowest BCUT2D eigenvalue weighted by Gasteiger charge is -2.33. The van der Waals surface area contributed by atoms with Gasteiger partial charge in [-0.25, -0.2) is 0 Å². The van der Waals surface area contributed by atoms with Gasteiger partial charge in [0, 0.05) is 37.5 Å². The Balaban J connectivity index is 1.75. The molecule has 1 atom stereocenters. The van der Waals surface area contributed by atoms with Gasteiger partial charge in [0.05, 0.1) is 32.4 Å². The van der Waals surface area contributed by atoms with Crippen LogP contribution in [0, 0.1) is 0 Å². The van der Waals surface area contributed by atoms with E-state index in [1.165, 1.54) is 4.88 Å². The maximum absolute atomic E-state index is 11.4. The number of hydrogen-bond donors (Lipinski definition) is 2. The molecule has 1 aromatic heterocycles. The zero-order valence-electron chi connectivity index (χ0n) is 18.5. The first-order valence-corrected chi connectivity index (χ1v) is 12.2. The Morgan fingerprint density at radius 2 is 2.03 bits per heavy atom. The standard InChI is InChI=1S/C22H38N4O3S/c1-3-23-22(24-12-8-6-5-7-11-21(27)29-4-2)25-18-19(20-10-9-17-30-20)26-13-15-28-16-14-26/h9-10,17,19H,3-8,11-16,18H2,1-2H3,(H2,23,24,25). The molecule has 2 N–H and O–H groups in total. The fourth-order valence-electron chi connectivity index (χ4n) is 3.46. The summed E-state index contributed by atoms with van der Waals surface area (Å²) in [6, 6.07) is 4.62. The van der Waals surface area contributed by atoms with E-state index in [0.29, 0.717) is 19.1 Å². The molecule has 2 heterocycles. The number of esters is 1. The number of rotatable bonds is 13. The zero-order chi connectivity index (χ0) is 21.4.